The zero-order valence-corrected chi connectivity index (χ0v) is 12.3. The van der Waals surface area contributed by atoms with E-state index in [1.54, 1.807) is 30.6 Å². The third-order valence-electron chi connectivity index (χ3n) is 2.80. The van der Waals surface area contributed by atoms with Crippen LogP contribution in [0.25, 0.3) is 11.3 Å². The largest absolute Gasteiger partial charge is 0.295 e. The quantitative estimate of drug-likeness (QED) is 0.705. The number of rotatable bonds is 3. The van der Waals surface area contributed by atoms with Crippen molar-refractivity contribution in [3.05, 3.63) is 63.6 Å². The van der Waals surface area contributed by atoms with Gasteiger partial charge in [0.15, 0.2) is 5.69 Å². The van der Waals surface area contributed by atoms with E-state index >= 15 is 0 Å². The Balaban J connectivity index is 2.00. The summed E-state index contributed by atoms with van der Waals surface area (Å²) in [5, 5.41) is 13.5. The molecule has 0 unspecified atom stereocenters. The van der Waals surface area contributed by atoms with Crippen LogP contribution >= 0.6 is 15.9 Å². The van der Waals surface area contributed by atoms with Gasteiger partial charge in [0.25, 0.3) is 5.56 Å². The van der Waals surface area contributed by atoms with Gasteiger partial charge in [-0.15, -0.1) is 5.11 Å². The number of hydrogen-bond donors (Lipinski definition) is 2. The Hall–Kier alpha value is -2.54. The van der Waals surface area contributed by atoms with Gasteiger partial charge in [-0.3, -0.25) is 20.0 Å². The Labute approximate surface area is 128 Å². The Morgan fingerprint density at radius 3 is 2.62 bits per heavy atom. The fourth-order valence-corrected chi connectivity index (χ4v) is 2.21. The molecular weight excluding hydrogens is 334 g/mol. The number of hydrogen-bond acceptors (Lipinski definition) is 4. The SMILES string of the molecule is O=c1[nH][nH]c(-c2ccncc2)c1N=Nc1cccc(Br)c1. The minimum absolute atomic E-state index is 0.237. The number of halogens is 1. The summed E-state index contributed by atoms with van der Waals surface area (Å²) in [6.45, 7) is 0. The van der Waals surface area contributed by atoms with E-state index in [4.69, 9.17) is 0 Å². The molecule has 0 aliphatic heterocycles. The maximum Gasteiger partial charge on any atom is 0.292 e. The van der Waals surface area contributed by atoms with E-state index in [2.05, 4.69) is 41.3 Å². The van der Waals surface area contributed by atoms with E-state index in [0.29, 0.717) is 11.4 Å². The average molecular weight is 344 g/mol. The number of nitrogens with one attached hydrogen (secondary N) is 2. The van der Waals surface area contributed by atoms with Gasteiger partial charge >= 0.3 is 0 Å². The molecule has 2 N–H and O–H groups in total. The first-order valence-corrected chi connectivity index (χ1v) is 6.92. The van der Waals surface area contributed by atoms with Gasteiger partial charge in [0.1, 0.15) is 0 Å². The predicted molar refractivity (Wildman–Crippen MR) is 83.0 cm³/mol. The molecule has 0 bridgehead atoms. The Kier molecular flexibility index (Phi) is 3.74. The second-order valence-corrected chi connectivity index (χ2v) is 5.13. The highest BCUT2D eigenvalue weighted by atomic mass is 79.9. The molecule has 2 heterocycles. The van der Waals surface area contributed by atoms with Crippen molar-refractivity contribution in [1.29, 1.82) is 0 Å². The topological polar surface area (TPSA) is 86.3 Å². The van der Waals surface area contributed by atoms with Crippen molar-refractivity contribution in [2.24, 2.45) is 10.2 Å². The standard InChI is InChI=1S/C14H10BrN5O/c15-10-2-1-3-11(8-10)17-19-13-12(18-20-14(13)21)9-4-6-16-7-5-9/h1-8H,(H2,18,20,21). The molecule has 3 rings (SSSR count). The molecule has 0 saturated heterocycles. The fourth-order valence-electron chi connectivity index (χ4n) is 1.82. The average Bonchev–Trinajstić information content (AvgIpc) is 2.87. The number of nitrogens with zero attached hydrogens (tertiary/aromatic N) is 3. The van der Waals surface area contributed by atoms with E-state index in [1.165, 1.54) is 0 Å². The normalized spacial score (nSPS) is 11.1. The van der Waals surface area contributed by atoms with Crippen LogP contribution in [-0.2, 0) is 0 Å². The zero-order chi connectivity index (χ0) is 14.7. The summed E-state index contributed by atoms with van der Waals surface area (Å²) in [7, 11) is 0. The number of pyridine rings is 1. The lowest BCUT2D eigenvalue weighted by Gasteiger charge is -1.97. The number of H-pyrrole nitrogens is 2. The van der Waals surface area contributed by atoms with Gasteiger partial charge in [-0.1, -0.05) is 22.0 Å². The maximum absolute atomic E-state index is 11.8. The molecule has 0 radical (unpaired) electrons. The molecular formula is C14H10BrN5O. The third-order valence-corrected chi connectivity index (χ3v) is 3.29. The molecule has 0 aliphatic carbocycles. The first-order valence-electron chi connectivity index (χ1n) is 6.12. The minimum atomic E-state index is -0.319. The lowest BCUT2D eigenvalue weighted by molar-refractivity contribution is 1.06. The van der Waals surface area contributed by atoms with Gasteiger partial charge in [-0.25, -0.2) is 0 Å². The molecule has 104 valence electrons. The van der Waals surface area contributed by atoms with Crippen LogP contribution in [0.15, 0.2) is 68.3 Å². The monoisotopic (exact) mass is 343 g/mol. The molecule has 21 heavy (non-hydrogen) atoms. The molecule has 2 aromatic heterocycles. The van der Waals surface area contributed by atoms with Gasteiger partial charge in [0, 0.05) is 22.4 Å². The second-order valence-electron chi connectivity index (χ2n) is 4.22. The maximum atomic E-state index is 11.8. The Morgan fingerprint density at radius 1 is 1.05 bits per heavy atom. The summed E-state index contributed by atoms with van der Waals surface area (Å²) in [5.74, 6) is 0. The van der Waals surface area contributed by atoms with E-state index in [0.717, 1.165) is 10.0 Å². The second kappa shape index (κ2) is 5.84. The van der Waals surface area contributed by atoms with E-state index in [9.17, 15) is 4.79 Å². The summed E-state index contributed by atoms with van der Waals surface area (Å²) < 4.78 is 0.899. The van der Waals surface area contributed by atoms with Crippen LogP contribution in [0, 0.1) is 0 Å². The van der Waals surface area contributed by atoms with Crippen LogP contribution in [-0.4, -0.2) is 15.2 Å². The van der Waals surface area contributed by atoms with Gasteiger partial charge < -0.3 is 0 Å². The van der Waals surface area contributed by atoms with Crippen molar-refractivity contribution >= 4 is 27.3 Å². The van der Waals surface area contributed by atoms with Crippen molar-refractivity contribution in [3.63, 3.8) is 0 Å². The molecule has 0 aliphatic rings. The van der Waals surface area contributed by atoms with Crippen molar-refractivity contribution in [1.82, 2.24) is 15.2 Å². The number of benzene rings is 1. The molecule has 3 aromatic rings. The predicted octanol–water partition coefficient (Wildman–Crippen LogP) is 3.94. The zero-order valence-electron chi connectivity index (χ0n) is 10.7. The first kappa shape index (κ1) is 13.4. The fraction of sp³-hybridized carbons (Fsp3) is 0. The van der Waals surface area contributed by atoms with Crippen LogP contribution in [0.2, 0.25) is 0 Å². The first-order chi connectivity index (χ1) is 10.2. The van der Waals surface area contributed by atoms with Gasteiger partial charge in [0.2, 0.25) is 0 Å². The van der Waals surface area contributed by atoms with E-state index in [-0.39, 0.29) is 11.2 Å². The summed E-state index contributed by atoms with van der Waals surface area (Å²) in [5.41, 5.74) is 1.97. The van der Waals surface area contributed by atoms with Gasteiger partial charge in [-0.05, 0) is 30.3 Å². The number of azo groups is 1. The third kappa shape index (κ3) is 2.97. The van der Waals surface area contributed by atoms with Crippen molar-refractivity contribution in [2.45, 2.75) is 0 Å². The van der Waals surface area contributed by atoms with Crippen LogP contribution in [0.4, 0.5) is 11.4 Å². The molecule has 0 fully saturated rings. The summed E-state index contributed by atoms with van der Waals surface area (Å²) >= 11 is 3.36. The molecule has 7 heteroatoms. The lowest BCUT2D eigenvalue weighted by Crippen LogP contribution is -1.96. The Morgan fingerprint density at radius 2 is 1.86 bits per heavy atom. The summed E-state index contributed by atoms with van der Waals surface area (Å²) in [6, 6.07) is 10.9. The van der Waals surface area contributed by atoms with Crippen LogP contribution in [0.5, 0.6) is 0 Å². The van der Waals surface area contributed by atoms with Crippen molar-refractivity contribution < 1.29 is 0 Å². The highest BCUT2D eigenvalue weighted by Crippen LogP contribution is 2.26. The van der Waals surface area contributed by atoms with E-state index < -0.39 is 0 Å². The molecule has 0 amide bonds. The van der Waals surface area contributed by atoms with Crippen LogP contribution in [0.1, 0.15) is 0 Å². The minimum Gasteiger partial charge on any atom is -0.295 e. The highest BCUT2D eigenvalue weighted by molar-refractivity contribution is 9.10. The number of aromatic amines is 2. The molecule has 6 nitrogen and oxygen atoms in total. The Bertz CT molecular complexity index is 838. The summed E-state index contributed by atoms with van der Waals surface area (Å²) in [6.07, 6.45) is 3.30. The molecule has 0 spiro atoms. The number of aromatic nitrogens is 3. The van der Waals surface area contributed by atoms with Crippen molar-refractivity contribution in [3.8, 4) is 11.3 Å². The van der Waals surface area contributed by atoms with Crippen LogP contribution in [0.3, 0.4) is 0 Å². The molecule has 1 aromatic carbocycles. The smallest absolute Gasteiger partial charge is 0.292 e. The van der Waals surface area contributed by atoms with Crippen LogP contribution < -0.4 is 5.56 Å². The van der Waals surface area contributed by atoms with Gasteiger partial charge in [-0.2, -0.15) is 5.11 Å². The molecule has 0 atom stereocenters. The van der Waals surface area contributed by atoms with Gasteiger partial charge in [0.05, 0.1) is 11.4 Å². The van der Waals surface area contributed by atoms with E-state index in [1.807, 2.05) is 18.2 Å². The molecule has 0 saturated carbocycles. The summed E-state index contributed by atoms with van der Waals surface area (Å²) in [4.78, 5) is 15.8. The van der Waals surface area contributed by atoms with Crippen molar-refractivity contribution in [2.75, 3.05) is 0 Å². The highest BCUT2D eigenvalue weighted by Gasteiger charge is 2.11. The lowest BCUT2D eigenvalue weighted by atomic mass is 10.2.